The van der Waals surface area contributed by atoms with Crippen LogP contribution >= 0.6 is 0 Å². The van der Waals surface area contributed by atoms with Gasteiger partial charge in [0.15, 0.2) is 6.10 Å². The predicted molar refractivity (Wildman–Crippen MR) is 130 cm³/mol. The summed E-state index contributed by atoms with van der Waals surface area (Å²) in [6, 6.07) is 15.6. The van der Waals surface area contributed by atoms with Gasteiger partial charge in [-0.2, -0.15) is 0 Å². The summed E-state index contributed by atoms with van der Waals surface area (Å²) in [4.78, 5) is 37.3. The number of carbonyl (C=O) groups is 3. The summed E-state index contributed by atoms with van der Waals surface area (Å²) in [6.45, 7) is 7.34. The number of hydrogen-bond acceptors (Lipinski definition) is 5. The van der Waals surface area contributed by atoms with E-state index in [1.54, 1.807) is 27.7 Å². The second kappa shape index (κ2) is 9.34. The SMILES string of the molecule is CC(C)(NC(=O)OCC1c2ccccc2-c2ccccc21)C(C)(C)C(=O)NC1CCOC1C(=O)O. The van der Waals surface area contributed by atoms with E-state index in [-0.39, 0.29) is 25.0 Å². The van der Waals surface area contributed by atoms with E-state index in [1.165, 1.54) is 0 Å². The van der Waals surface area contributed by atoms with Crippen LogP contribution in [-0.4, -0.2) is 54.0 Å². The molecule has 186 valence electrons. The fraction of sp³-hybridized carbons (Fsp3) is 0.444. The number of nitrogens with one attached hydrogen (secondary N) is 2. The van der Waals surface area contributed by atoms with Gasteiger partial charge in [-0.25, -0.2) is 9.59 Å². The highest BCUT2D eigenvalue weighted by atomic mass is 16.5. The first-order valence-electron chi connectivity index (χ1n) is 11.8. The molecule has 0 saturated carbocycles. The van der Waals surface area contributed by atoms with Crippen LogP contribution in [0.5, 0.6) is 0 Å². The Labute approximate surface area is 205 Å². The molecule has 1 aliphatic carbocycles. The molecular formula is C27H32N2O6. The molecule has 0 bridgehead atoms. The van der Waals surface area contributed by atoms with Crippen molar-refractivity contribution >= 4 is 18.0 Å². The van der Waals surface area contributed by atoms with Crippen LogP contribution in [0.2, 0.25) is 0 Å². The minimum absolute atomic E-state index is 0.0668. The molecule has 8 nitrogen and oxygen atoms in total. The van der Waals surface area contributed by atoms with Crippen molar-refractivity contribution in [1.82, 2.24) is 10.6 Å². The van der Waals surface area contributed by atoms with E-state index >= 15 is 0 Å². The molecule has 1 saturated heterocycles. The number of fused-ring (bicyclic) bond motifs is 3. The Morgan fingerprint density at radius 2 is 1.57 bits per heavy atom. The van der Waals surface area contributed by atoms with E-state index in [0.29, 0.717) is 6.42 Å². The number of hydrogen-bond donors (Lipinski definition) is 3. The highest BCUT2D eigenvalue weighted by molar-refractivity contribution is 5.86. The number of carbonyl (C=O) groups excluding carboxylic acids is 2. The average Bonchev–Trinajstić information content (AvgIpc) is 3.40. The lowest BCUT2D eigenvalue weighted by Gasteiger charge is -2.41. The fourth-order valence-electron chi connectivity index (χ4n) is 4.66. The summed E-state index contributed by atoms with van der Waals surface area (Å²) in [7, 11) is 0. The molecule has 2 aliphatic rings. The van der Waals surface area contributed by atoms with Gasteiger partial charge in [0.1, 0.15) is 6.61 Å². The molecular weight excluding hydrogens is 448 g/mol. The standard InChI is InChI=1S/C27H32N2O6/c1-26(2,24(32)28-21-13-14-34-22(21)23(30)31)27(3,4)29-25(33)35-15-20-18-11-7-5-9-16(18)17-10-6-8-12-19(17)20/h5-12,20-22H,13-15H2,1-4H3,(H,28,32)(H,29,33)(H,30,31). The molecule has 1 fully saturated rings. The summed E-state index contributed by atoms with van der Waals surface area (Å²) in [5.74, 6) is -1.55. The summed E-state index contributed by atoms with van der Waals surface area (Å²) >= 11 is 0. The normalized spacial score (nSPS) is 19.5. The molecule has 2 atom stereocenters. The number of benzene rings is 2. The average molecular weight is 481 g/mol. The molecule has 2 aromatic rings. The fourth-order valence-corrected chi connectivity index (χ4v) is 4.66. The monoisotopic (exact) mass is 480 g/mol. The van der Waals surface area contributed by atoms with Gasteiger partial charge in [0.2, 0.25) is 5.91 Å². The van der Waals surface area contributed by atoms with Crippen LogP contribution in [0.4, 0.5) is 4.79 Å². The van der Waals surface area contributed by atoms with E-state index in [4.69, 9.17) is 9.47 Å². The molecule has 0 aromatic heterocycles. The first kappa shape index (κ1) is 24.7. The maximum Gasteiger partial charge on any atom is 0.407 e. The molecule has 8 heteroatoms. The number of rotatable bonds is 7. The van der Waals surface area contributed by atoms with Crippen molar-refractivity contribution in [3.8, 4) is 11.1 Å². The largest absolute Gasteiger partial charge is 0.479 e. The van der Waals surface area contributed by atoms with Crippen molar-refractivity contribution < 1.29 is 29.0 Å². The van der Waals surface area contributed by atoms with E-state index in [9.17, 15) is 19.5 Å². The smallest absolute Gasteiger partial charge is 0.407 e. The van der Waals surface area contributed by atoms with Crippen molar-refractivity contribution in [2.75, 3.05) is 13.2 Å². The van der Waals surface area contributed by atoms with E-state index < -0.39 is 35.2 Å². The van der Waals surface area contributed by atoms with Gasteiger partial charge in [-0.05, 0) is 56.4 Å². The summed E-state index contributed by atoms with van der Waals surface area (Å²) in [6.07, 6.45) is -1.28. The minimum atomic E-state index is -1.11. The van der Waals surface area contributed by atoms with Crippen LogP contribution < -0.4 is 10.6 Å². The van der Waals surface area contributed by atoms with Crippen molar-refractivity contribution in [1.29, 1.82) is 0 Å². The Morgan fingerprint density at radius 1 is 1.00 bits per heavy atom. The first-order valence-corrected chi connectivity index (χ1v) is 11.8. The van der Waals surface area contributed by atoms with Gasteiger partial charge in [-0.15, -0.1) is 0 Å². The van der Waals surface area contributed by atoms with Gasteiger partial charge in [0, 0.05) is 12.5 Å². The summed E-state index contributed by atoms with van der Waals surface area (Å²) < 4.78 is 10.9. The molecule has 4 rings (SSSR count). The number of amides is 2. The van der Waals surface area contributed by atoms with Crippen LogP contribution in [-0.2, 0) is 19.1 Å². The van der Waals surface area contributed by atoms with Crippen LogP contribution in [0.3, 0.4) is 0 Å². The zero-order valence-corrected chi connectivity index (χ0v) is 20.5. The van der Waals surface area contributed by atoms with Gasteiger partial charge >= 0.3 is 12.1 Å². The van der Waals surface area contributed by atoms with E-state index in [2.05, 4.69) is 34.9 Å². The highest BCUT2D eigenvalue weighted by Gasteiger charge is 2.47. The number of carboxylic acids is 1. The molecule has 2 unspecified atom stereocenters. The van der Waals surface area contributed by atoms with Crippen molar-refractivity contribution in [3.05, 3.63) is 59.7 Å². The zero-order valence-electron chi connectivity index (χ0n) is 20.5. The Kier molecular flexibility index (Phi) is 6.60. The second-order valence-corrected chi connectivity index (χ2v) is 10.2. The van der Waals surface area contributed by atoms with Gasteiger partial charge in [-0.1, -0.05) is 48.5 Å². The maximum absolute atomic E-state index is 13.1. The maximum atomic E-state index is 13.1. The van der Waals surface area contributed by atoms with Crippen LogP contribution in [0.1, 0.15) is 51.2 Å². The third-order valence-corrected chi connectivity index (χ3v) is 7.54. The minimum Gasteiger partial charge on any atom is -0.479 e. The Hall–Kier alpha value is -3.39. The molecule has 2 aromatic carbocycles. The van der Waals surface area contributed by atoms with E-state index in [1.807, 2.05) is 24.3 Å². The Bertz CT molecular complexity index is 1100. The van der Waals surface area contributed by atoms with Crippen molar-refractivity contribution in [3.63, 3.8) is 0 Å². The molecule has 0 radical (unpaired) electrons. The van der Waals surface area contributed by atoms with Gasteiger partial charge < -0.3 is 25.2 Å². The highest BCUT2D eigenvalue weighted by Crippen LogP contribution is 2.44. The third kappa shape index (κ3) is 4.62. The molecule has 0 spiro atoms. The van der Waals surface area contributed by atoms with Crippen LogP contribution in [0, 0.1) is 5.41 Å². The number of alkyl carbamates (subject to hydrolysis) is 1. The third-order valence-electron chi connectivity index (χ3n) is 7.54. The molecule has 35 heavy (non-hydrogen) atoms. The Morgan fingerprint density at radius 3 is 2.14 bits per heavy atom. The van der Waals surface area contributed by atoms with Gasteiger partial charge in [-0.3, -0.25) is 4.79 Å². The molecule has 3 N–H and O–H groups in total. The first-order chi connectivity index (χ1) is 16.5. The molecule has 1 heterocycles. The van der Waals surface area contributed by atoms with Crippen LogP contribution in [0.25, 0.3) is 11.1 Å². The lowest BCUT2D eigenvalue weighted by atomic mass is 9.73. The van der Waals surface area contributed by atoms with Crippen molar-refractivity contribution in [2.45, 2.75) is 57.7 Å². The molecule has 2 amide bonds. The van der Waals surface area contributed by atoms with Crippen molar-refractivity contribution in [2.24, 2.45) is 5.41 Å². The summed E-state index contributed by atoms with van der Waals surface area (Å²) in [5.41, 5.74) is 2.47. The lowest BCUT2D eigenvalue weighted by Crippen LogP contribution is -2.61. The number of aliphatic carboxylic acids is 1. The predicted octanol–water partition coefficient (Wildman–Crippen LogP) is 3.69. The topological polar surface area (TPSA) is 114 Å². The molecule has 1 aliphatic heterocycles. The lowest BCUT2D eigenvalue weighted by molar-refractivity contribution is -0.148. The second-order valence-electron chi connectivity index (χ2n) is 10.2. The quantitative estimate of drug-likeness (QED) is 0.557. The number of carboxylic acid groups (broad SMARTS) is 1. The Balaban J connectivity index is 1.40. The van der Waals surface area contributed by atoms with Gasteiger partial charge in [0.05, 0.1) is 17.0 Å². The van der Waals surface area contributed by atoms with Gasteiger partial charge in [0.25, 0.3) is 0 Å². The van der Waals surface area contributed by atoms with E-state index in [0.717, 1.165) is 22.3 Å². The number of ether oxygens (including phenoxy) is 2. The summed E-state index contributed by atoms with van der Waals surface area (Å²) in [5, 5.41) is 14.9. The van der Waals surface area contributed by atoms with Crippen LogP contribution in [0.15, 0.2) is 48.5 Å². The zero-order chi connectivity index (χ0) is 25.4.